The molecule has 16 heteroatoms. The van der Waals surface area contributed by atoms with Crippen molar-refractivity contribution in [3.63, 3.8) is 0 Å². The van der Waals surface area contributed by atoms with Gasteiger partial charge in [0.2, 0.25) is 11.8 Å². The average Bonchev–Trinajstić information content (AvgIpc) is 4.02. The highest BCUT2D eigenvalue weighted by molar-refractivity contribution is 6.13. The zero-order valence-electron chi connectivity index (χ0n) is 31.5. The largest absolute Gasteiger partial charge is 0.457 e. The van der Waals surface area contributed by atoms with E-state index in [1.54, 1.807) is 22.2 Å². The molecule has 4 N–H and O–H groups in total. The zero-order chi connectivity index (χ0) is 39.2. The van der Waals surface area contributed by atoms with Crippen LogP contribution in [0.15, 0.2) is 60.9 Å². The van der Waals surface area contributed by atoms with Crippen LogP contribution in [0.2, 0.25) is 0 Å². The van der Waals surface area contributed by atoms with Crippen molar-refractivity contribution in [3.05, 3.63) is 72.6 Å². The third-order valence-electron chi connectivity index (χ3n) is 10.1. The standard InChI is InChI=1S/C39H47ClN8O7/c1-22(2)32(45-38(51)53-5)36(49)47-18-6-8-30(47)34-41-20-28(43-34)24-10-14-26(15-11-24)54-27-16-12-25(13-17-27)29-21-42-35(44-29)31-9-7-19-48(31)37(50)33(23(3)4)46-39(52)55-40/h10-17,20-23,30-33H,6-9,18-19H2,1-5H3,(H,41,43)(H,42,44)(H,45,51)(H,46,52)/t30-,31-,32+,33-/m0/s1. The summed E-state index contributed by atoms with van der Waals surface area (Å²) in [7, 11) is 1.28. The second-order valence-corrected chi connectivity index (χ2v) is 14.6. The number of halogens is 1. The monoisotopic (exact) mass is 774 g/mol. The Kier molecular flexibility index (Phi) is 12.3. The van der Waals surface area contributed by atoms with Crippen LogP contribution in [0.5, 0.6) is 11.5 Å². The molecular weight excluding hydrogens is 728 g/mol. The van der Waals surface area contributed by atoms with Crippen LogP contribution in [-0.4, -0.2) is 86.0 Å². The van der Waals surface area contributed by atoms with E-state index >= 15 is 0 Å². The van der Waals surface area contributed by atoms with E-state index in [0.717, 1.165) is 48.2 Å². The fourth-order valence-corrected chi connectivity index (χ4v) is 7.24. The van der Waals surface area contributed by atoms with Gasteiger partial charge in [-0.1, -0.05) is 27.7 Å². The summed E-state index contributed by atoms with van der Waals surface area (Å²) < 4.78 is 15.1. The Morgan fingerprint density at radius 3 is 1.51 bits per heavy atom. The third-order valence-corrected chi connectivity index (χ3v) is 10.3. The molecule has 0 radical (unpaired) electrons. The highest BCUT2D eigenvalue weighted by Crippen LogP contribution is 2.35. The van der Waals surface area contributed by atoms with Gasteiger partial charge in [0.1, 0.15) is 47.1 Å². The van der Waals surface area contributed by atoms with Crippen LogP contribution in [0.25, 0.3) is 22.5 Å². The van der Waals surface area contributed by atoms with Gasteiger partial charge in [0.05, 0.1) is 43.0 Å². The summed E-state index contributed by atoms with van der Waals surface area (Å²) in [5.74, 6) is 2.04. The van der Waals surface area contributed by atoms with E-state index in [1.165, 1.54) is 7.11 Å². The molecule has 2 aromatic heterocycles. The van der Waals surface area contributed by atoms with Gasteiger partial charge in [-0.2, -0.15) is 0 Å². The normalized spacial score (nSPS) is 18.0. The summed E-state index contributed by atoms with van der Waals surface area (Å²) in [4.78, 5) is 70.2. The van der Waals surface area contributed by atoms with Gasteiger partial charge in [-0.05, 0) is 97.2 Å². The molecule has 0 aliphatic carbocycles. The molecule has 4 aromatic rings. The molecule has 4 atom stereocenters. The number of H-pyrrole nitrogens is 2. The number of hydrogen-bond donors (Lipinski definition) is 4. The molecule has 6 rings (SSSR count). The first kappa shape index (κ1) is 39.1. The molecular formula is C39H47ClN8O7. The number of nitrogens with one attached hydrogen (secondary N) is 4. The maximum atomic E-state index is 13.5. The van der Waals surface area contributed by atoms with Gasteiger partial charge in [-0.25, -0.2) is 19.6 Å². The second-order valence-electron chi connectivity index (χ2n) is 14.5. The van der Waals surface area contributed by atoms with Gasteiger partial charge >= 0.3 is 12.2 Å². The van der Waals surface area contributed by atoms with Crippen molar-refractivity contribution in [2.45, 2.75) is 77.5 Å². The quantitative estimate of drug-likeness (QED) is 0.119. The zero-order valence-corrected chi connectivity index (χ0v) is 32.3. The summed E-state index contributed by atoms with van der Waals surface area (Å²) in [6, 6.07) is 13.3. The molecule has 2 aliphatic rings. The van der Waals surface area contributed by atoms with Crippen LogP contribution in [0, 0.1) is 11.8 Å². The van der Waals surface area contributed by atoms with Crippen molar-refractivity contribution < 1.29 is 32.9 Å². The molecule has 2 fully saturated rings. The number of methoxy groups -OCH3 is 1. The van der Waals surface area contributed by atoms with Crippen molar-refractivity contribution in [3.8, 4) is 34.0 Å². The third kappa shape index (κ3) is 8.88. The van der Waals surface area contributed by atoms with Crippen LogP contribution in [0.1, 0.15) is 77.1 Å². The Labute approximate surface area is 324 Å². The van der Waals surface area contributed by atoms with Crippen LogP contribution >= 0.6 is 11.9 Å². The van der Waals surface area contributed by atoms with Crippen LogP contribution < -0.4 is 15.4 Å². The summed E-state index contributed by atoms with van der Waals surface area (Å²) in [6.45, 7) is 8.61. The molecule has 0 bridgehead atoms. The number of imidazole rings is 2. The second kappa shape index (κ2) is 17.3. The maximum absolute atomic E-state index is 13.5. The number of benzene rings is 2. The molecule has 0 unspecified atom stereocenters. The average molecular weight is 775 g/mol. The molecule has 2 aromatic carbocycles. The van der Waals surface area contributed by atoms with Gasteiger partial charge in [-0.3, -0.25) is 9.59 Å². The molecule has 2 saturated heterocycles. The number of nitrogens with zero attached hydrogens (tertiary/aromatic N) is 4. The molecule has 2 aliphatic heterocycles. The molecule has 0 saturated carbocycles. The number of rotatable bonds is 12. The van der Waals surface area contributed by atoms with Crippen LogP contribution in [-0.2, 0) is 18.6 Å². The van der Waals surface area contributed by atoms with E-state index in [2.05, 4.69) is 34.9 Å². The Bertz CT molecular complexity index is 1820. The lowest BCUT2D eigenvalue weighted by atomic mass is 10.0. The fraction of sp³-hybridized carbons (Fsp3) is 0.436. The highest BCUT2D eigenvalue weighted by Gasteiger charge is 2.39. The minimum absolute atomic E-state index is 0.114. The van der Waals surface area contributed by atoms with E-state index in [0.29, 0.717) is 36.2 Å². The summed E-state index contributed by atoms with van der Waals surface area (Å²) in [6.07, 6.45) is 5.17. The number of aromatic nitrogens is 4. The predicted molar refractivity (Wildman–Crippen MR) is 204 cm³/mol. The number of hydrogen-bond acceptors (Lipinski definition) is 9. The number of amides is 4. The van der Waals surface area contributed by atoms with Crippen molar-refractivity contribution in [1.29, 1.82) is 0 Å². The van der Waals surface area contributed by atoms with Gasteiger partial charge in [-0.15, -0.1) is 0 Å². The van der Waals surface area contributed by atoms with Crippen LogP contribution in [0.4, 0.5) is 9.59 Å². The number of carbonyl (C=O) groups is 4. The molecule has 292 valence electrons. The Balaban J connectivity index is 1.07. The Hall–Kier alpha value is -5.57. The fourth-order valence-electron chi connectivity index (χ4n) is 7.20. The van der Waals surface area contributed by atoms with E-state index in [-0.39, 0.29) is 35.7 Å². The first-order chi connectivity index (χ1) is 26.5. The summed E-state index contributed by atoms with van der Waals surface area (Å²) >= 11 is 5.20. The van der Waals surface area contributed by atoms with E-state index in [9.17, 15) is 19.2 Å². The highest BCUT2D eigenvalue weighted by atomic mass is 35.5. The van der Waals surface area contributed by atoms with E-state index in [4.69, 9.17) is 21.3 Å². The lowest BCUT2D eigenvalue weighted by Gasteiger charge is -2.30. The summed E-state index contributed by atoms with van der Waals surface area (Å²) in [5.41, 5.74) is 3.43. The van der Waals surface area contributed by atoms with E-state index in [1.807, 2.05) is 76.2 Å². The lowest BCUT2D eigenvalue weighted by molar-refractivity contribution is -0.136. The van der Waals surface area contributed by atoms with Crippen molar-refractivity contribution in [1.82, 2.24) is 40.4 Å². The number of alkyl carbamates (subject to hydrolysis) is 1. The summed E-state index contributed by atoms with van der Waals surface area (Å²) in [5, 5.41) is 5.23. The smallest absolute Gasteiger partial charge is 0.426 e. The number of aromatic amines is 2. The Morgan fingerprint density at radius 1 is 0.709 bits per heavy atom. The number of likely N-dealkylation sites (tertiary alicyclic amines) is 2. The molecule has 15 nitrogen and oxygen atoms in total. The minimum Gasteiger partial charge on any atom is -0.457 e. The van der Waals surface area contributed by atoms with Gasteiger partial charge in [0.15, 0.2) is 0 Å². The van der Waals surface area contributed by atoms with Crippen LogP contribution in [0.3, 0.4) is 0 Å². The first-order valence-corrected chi connectivity index (χ1v) is 18.8. The SMILES string of the molecule is COC(=O)N[C@@H](C(=O)N1CCC[C@H]1c1ncc(-c2ccc(Oc3ccc(-c4cnc([C@@H]5CCCN5C(=O)[C@@H](NC(=O)OCl)C(C)C)[nH]4)cc3)cc2)[nH]1)C(C)C. The van der Waals surface area contributed by atoms with Crippen molar-refractivity contribution in [2.24, 2.45) is 11.8 Å². The molecule has 0 spiro atoms. The molecule has 55 heavy (non-hydrogen) atoms. The lowest BCUT2D eigenvalue weighted by Crippen LogP contribution is -2.51. The van der Waals surface area contributed by atoms with Gasteiger partial charge < -0.3 is 44.2 Å². The number of carbonyl (C=O) groups excluding carboxylic acids is 4. The number of ether oxygens (including phenoxy) is 2. The van der Waals surface area contributed by atoms with Crippen molar-refractivity contribution >= 4 is 35.9 Å². The maximum Gasteiger partial charge on any atom is 0.426 e. The first-order valence-electron chi connectivity index (χ1n) is 18.5. The van der Waals surface area contributed by atoms with Gasteiger partial charge in [0.25, 0.3) is 0 Å². The Morgan fingerprint density at radius 2 is 1.13 bits per heavy atom. The molecule has 4 heterocycles. The van der Waals surface area contributed by atoms with E-state index < -0.39 is 24.3 Å². The molecule has 4 amide bonds. The predicted octanol–water partition coefficient (Wildman–Crippen LogP) is 6.87. The van der Waals surface area contributed by atoms with Crippen molar-refractivity contribution in [2.75, 3.05) is 20.2 Å². The minimum atomic E-state index is -0.866. The topological polar surface area (TPSA) is 184 Å². The van der Waals surface area contributed by atoms with Gasteiger partial charge in [0, 0.05) is 13.1 Å².